The highest BCUT2D eigenvalue weighted by atomic mass is 35.5. The summed E-state index contributed by atoms with van der Waals surface area (Å²) < 4.78 is 38.3. The summed E-state index contributed by atoms with van der Waals surface area (Å²) in [5, 5.41) is 2.13. The van der Waals surface area contributed by atoms with Crippen molar-refractivity contribution >= 4 is 23.2 Å². The molecule has 0 aliphatic heterocycles. The van der Waals surface area contributed by atoms with Gasteiger partial charge in [0.05, 0.1) is 10.6 Å². The molecule has 0 radical (unpaired) electrons. The van der Waals surface area contributed by atoms with E-state index in [1.807, 2.05) is 0 Å². The molecule has 21 heavy (non-hydrogen) atoms. The van der Waals surface area contributed by atoms with Crippen molar-refractivity contribution in [3.63, 3.8) is 0 Å². The Kier molecular flexibility index (Phi) is 4.78. The van der Waals surface area contributed by atoms with Gasteiger partial charge in [-0.25, -0.2) is 0 Å². The van der Waals surface area contributed by atoms with E-state index < -0.39 is 11.7 Å². The Hall–Kier alpha value is -1.27. The first-order valence-corrected chi connectivity index (χ1v) is 7.08. The van der Waals surface area contributed by atoms with E-state index in [1.165, 1.54) is 6.07 Å². The van der Waals surface area contributed by atoms with Gasteiger partial charge in [-0.05, 0) is 37.5 Å². The number of alkyl halides is 3. The van der Waals surface area contributed by atoms with Crippen LogP contribution in [0.2, 0.25) is 5.02 Å². The molecular formula is C14H16ClF3N2O. The highest BCUT2D eigenvalue weighted by molar-refractivity contribution is 6.31. The fourth-order valence-corrected chi connectivity index (χ4v) is 2.76. The third-order valence-corrected chi connectivity index (χ3v) is 3.95. The molecule has 0 bridgehead atoms. The predicted molar refractivity (Wildman–Crippen MR) is 75.0 cm³/mol. The van der Waals surface area contributed by atoms with Crippen LogP contribution in [0.5, 0.6) is 0 Å². The molecule has 1 aromatic carbocycles. The molecule has 7 heteroatoms. The maximum Gasteiger partial charge on any atom is 0.417 e. The van der Waals surface area contributed by atoms with Gasteiger partial charge in [-0.1, -0.05) is 18.0 Å². The van der Waals surface area contributed by atoms with Gasteiger partial charge in [0, 0.05) is 17.6 Å². The standard InChI is InChI=1S/C14H16ClF3N2O/c15-12-5-4-10(7-11(12)14(16,17)18)20-13(21)8-2-1-3-9(19)6-8/h4-5,7-9H,1-3,6,19H2,(H,20,21). The first-order valence-electron chi connectivity index (χ1n) is 6.70. The normalized spacial score (nSPS) is 22.9. The van der Waals surface area contributed by atoms with Crippen molar-refractivity contribution < 1.29 is 18.0 Å². The Morgan fingerprint density at radius 3 is 2.67 bits per heavy atom. The smallest absolute Gasteiger partial charge is 0.328 e. The van der Waals surface area contributed by atoms with Crippen LogP contribution in [0.3, 0.4) is 0 Å². The van der Waals surface area contributed by atoms with E-state index in [0.717, 1.165) is 25.0 Å². The van der Waals surface area contributed by atoms with E-state index in [4.69, 9.17) is 17.3 Å². The average molecular weight is 321 g/mol. The summed E-state index contributed by atoms with van der Waals surface area (Å²) in [5.74, 6) is -0.542. The second-order valence-corrected chi connectivity index (χ2v) is 5.71. The van der Waals surface area contributed by atoms with Crippen LogP contribution in [-0.4, -0.2) is 11.9 Å². The van der Waals surface area contributed by atoms with Gasteiger partial charge in [0.25, 0.3) is 0 Å². The zero-order valence-electron chi connectivity index (χ0n) is 11.2. The SMILES string of the molecule is NC1CCCC(C(=O)Nc2ccc(Cl)c(C(F)(F)F)c2)C1. The fraction of sp³-hybridized carbons (Fsp3) is 0.500. The van der Waals surface area contributed by atoms with Crippen molar-refractivity contribution in [3.8, 4) is 0 Å². The third kappa shape index (κ3) is 4.11. The number of amides is 1. The van der Waals surface area contributed by atoms with Gasteiger partial charge >= 0.3 is 6.18 Å². The van der Waals surface area contributed by atoms with E-state index in [9.17, 15) is 18.0 Å². The predicted octanol–water partition coefficient (Wildman–Crippen LogP) is 3.81. The lowest BCUT2D eigenvalue weighted by molar-refractivity contribution is -0.137. The molecule has 1 fully saturated rings. The molecule has 2 unspecified atom stereocenters. The molecule has 0 aromatic heterocycles. The van der Waals surface area contributed by atoms with Crippen molar-refractivity contribution in [2.45, 2.75) is 37.9 Å². The highest BCUT2D eigenvalue weighted by Gasteiger charge is 2.33. The molecule has 3 N–H and O–H groups in total. The first kappa shape index (κ1) is 16.1. The maximum atomic E-state index is 12.8. The molecule has 116 valence electrons. The third-order valence-electron chi connectivity index (χ3n) is 3.62. The number of carbonyl (C=O) groups is 1. The van der Waals surface area contributed by atoms with Crippen molar-refractivity contribution in [3.05, 3.63) is 28.8 Å². The molecule has 0 spiro atoms. The number of hydrogen-bond donors (Lipinski definition) is 2. The number of halogens is 4. The summed E-state index contributed by atoms with van der Waals surface area (Å²) in [6.07, 6.45) is -1.55. The Morgan fingerprint density at radius 1 is 1.33 bits per heavy atom. The number of hydrogen-bond acceptors (Lipinski definition) is 2. The molecule has 3 nitrogen and oxygen atoms in total. The van der Waals surface area contributed by atoms with Crippen LogP contribution >= 0.6 is 11.6 Å². The van der Waals surface area contributed by atoms with E-state index in [0.29, 0.717) is 12.8 Å². The van der Waals surface area contributed by atoms with Gasteiger partial charge in [-0.15, -0.1) is 0 Å². The van der Waals surface area contributed by atoms with E-state index in [2.05, 4.69) is 5.32 Å². The molecular weight excluding hydrogens is 305 g/mol. The van der Waals surface area contributed by atoms with Crippen molar-refractivity contribution in [1.29, 1.82) is 0 Å². The number of rotatable bonds is 2. The first-order chi connectivity index (χ1) is 9.77. The van der Waals surface area contributed by atoms with Gasteiger partial charge in [-0.2, -0.15) is 13.2 Å². The van der Waals surface area contributed by atoms with E-state index >= 15 is 0 Å². The molecule has 2 rings (SSSR count). The van der Waals surface area contributed by atoms with E-state index in [1.54, 1.807) is 0 Å². The minimum Gasteiger partial charge on any atom is -0.328 e. The Labute approximate surface area is 125 Å². The second kappa shape index (κ2) is 6.23. The summed E-state index contributed by atoms with van der Waals surface area (Å²) >= 11 is 5.54. The molecule has 2 atom stereocenters. The van der Waals surface area contributed by atoms with Gasteiger partial charge in [0.2, 0.25) is 5.91 Å². The number of carbonyl (C=O) groups excluding carboxylic acids is 1. The summed E-state index contributed by atoms with van der Waals surface area (Å²) in [5.41, 5.74) is 4.95. The second-order valence-electron chi connectivity index (χ2n) is 5.31. The van der Waals surface area contributed by atoms with Gasteiger partial charge in [0.15, 0.2) is 0 Å². The van der Waals surface area contributed by atoms with Crippen LogP contribution in [0.25, 0.3) is 0 Å². The minimum absolute atomic E-state index is 0.0227. The Balaban J connectivity index is 2.11. The fourth-order valence-electron chi connectivity index (χ4n) is 2.53. The topological polar surface area (TPSA) is 55.1 Å². The Bertz CT molecular complexity index is 533. The quantitative estimate of drug-likeness (QED) is 0.870. The van der Waals surface area contributed by atoms with Crippen LogP contribution in [0.4, 0.5) is 18.9 Å². The van der Waals surface area contributed by atoms with Gasteiger partial charge < -0.3 is 11.1 Å². The molecule has 1 saturated carbocycles. The molecule has 0 heterocycles. The molecule has 1 amide bonds. The number of nitrogens with two attached hydrogens (primary N) is 1. The number of nitrogens with one attached hydrogen (secondary N) is 1. The summed E-state index contributed by atoms with van der Waals surface area (Å²) in [7, 11) is 0. The summed E-state index contributed by atoms with van der Waals surface area (Å²) in [4.78, 5) is 12.1. The van der Waals surface area contributed by atoms with Crippen molar-refractivity contribution in [1.82, 2.24) is 0 Å². The maximum absolute atomic E-state index is 12.8. The lowest BCUT2D eigenvalue weighted by Gasteiger charge is -2.25. The largest absolute Gasteiger partial charge is 0.417 e. The summed E-state index contributed by atoms with van der Waals surface area (Å²) in [6.45, 7) is 0. The summed E-state index contributed by atoms with van der Waals surface area (Å²) in [6, 6.07) is 3.32. The molecule has 0 saturated heterocycles. The molecule has 1 aliphatic carbocycles. The zero-order valence-corrected chi connectivity index (χ0v) is 12.0. The van der Waals surface area contributed by atoms with E-state index in [-0.39, 0.29) is 28.6 Å². The van der Waals surface area contributed by atoms with Crippen molar-refractivity contribution in [2.75, 3.05) is 5.32 Å². The van der Waals surface area contributed by atoms with Crippen LogP contribution in [0.15, 0.2) is 18.2 Å². The Morgan fingerprint density at radius 2 is 2.05 bits per heavy atom. The minimum atomic E-state index is -4.55. The van der Waals surface area contributed by atoms with Gasteiger partial charge in [0.1, 0.15) is 0 Å². The lowest BCUT2D eigenvalue weighted by Crippen LogP contribution is -2.34. The highest BCUT2D eigenvalue weighted by Crippen LogP contribution is 2.36. The number of benzene rings is 1. The van der Waals surface area contributed by atoms with Crippen molar-refractivity contribution in [2.24, 2.45) is 11.7 Å². The van der Waals surface area contributed by atoms with Crippen LogP contribution in [0.1, 0.15) is 31.2 Å². The average Bonchev–Trinajstić information content (AvgIpc) is 2.39. The monoisotopic (exact) mass is 320 g/mol. The molecule has 1 aliphatic rings. The van der Waals surface area contributed by atoms with Crippen LogP contribution < -0.4 is 11.1 Å². The van der Waals surface area contributed by atoms with Crippen LogP contribution in [0, 0.1) is 5.92 Å². The lowest BCUT2D eigenvalue weighted by atomic mass is 9.85. The van der Waals surface area contributed by atoms with Crippen LogP contribution in [-0.2, 0) is 11.0 Å². The zero-order chi connectivity index (χ0) is 15.6. The van der Waals surface area contributed by atoms with Gasteiger partial charge in [-0.3, -0.25) is 4.79 Å². The number of anilines is 1. The molecule has 1 aromatic rings.